The van der Waals surface area contributed by atoms with Crippen LogP contribution >= 0.6 is 0 Å². The van der Waals surface area contributed by atoms with E-state index in [1.807, 2.05) is 15.8 Å². The van der Waals surface area contributed by atoms with Crippen LogP contribution in [0.4, 0.5) is 15.9 Å². The standard InChI is InChI=1S/C39H39FN10O6/c1-56-32-18-29-23(15-27(32)36(52)43-34-19-41-33-3-2-10-42-50(33)34)21-48(45-29)24-6-4-22(5-7-24)20-46-11-13-47(14-12-46)31-17-26-25(16-28(31)40)38(54)49(39(26)55)30-8-9-35(51)44-37(30)53/h2-3,10,15-19,21-22,24,30H,4-9,11-14,20H2,1H3,(H,43,52)(H,44,51,53). The lowest BCUT2D eigenvalue weighted by atomic mass is 9.85. The molecule has 3 aromatic heterocycles. The zero-order valence-electron chi connectivity index (χ0n) is 30.6. The number of rotatable bonds is 8. The van der Waals surface area contributed by atoms with E-state index in [0.29, 0.717) is 41.8 Å². The topological polar surface area (TPSA) is 176 Å². The second-order valence-electron chi connectivity index (χ2n) is 14.9. The number of benzene rings is 2. The van der Waals surface area contributed by atoms with Gasteiger partial charge in [0.25, 0.3) is 17.7 Å². The fourth-order valence-corrected chi connectivity index (χ4v) is 8.55. The number of hydrogen-bond donors (Lipinski definition) is 2. The summed E-state index contributed by atoms with van der Waals surface area (Å²) in [6.45, 7) is 3.50. The molecule has 9 rings (SSSR count). The van der Waals surface area contributed by atoms with Crippen molar-refractivity contribution < 1.29 is 33.1 Å². The Labute approximate surface area is 319 Å². The van der Waals surface area contributed by atoms with E-state index in [2.05, 4.69) is 25.6 Å². The van der Waals surface area contributed by atoms with Crippen molar-refractivity contribution in [3.8, 4) is 5.75 Å². The lowest BCUT2D eigenvalue weighted by Gasteiger charge is -2.39. The molecule has 4 aliphatic rings. The number of piperidine rings is 1. The monoisotopic (exact) mass is 762 g/mol. The van der Waals surface area contributed by atoms with Gasteiger partial charge in [0.15, 0.2) is 11.5 Å². The Hall–Kier alpha value is -6.23. The van der Waals surface area contributed by atoms with E-state index < -0.39 is 35.5 Å². The van der Waals surface area contributed by atoms with Crippen LogP contribution in [-0.2, 0) is 9.59 Å². The molecule has 1 unspecified atom stereocenters. The van der Waals surface area contributed by atoms with Gasteiger partial charge in [-0.1, -0.05) is 0 Å². The van der Waals surface area contributed by atoms with E-state index in [-0.39, 0.29) is 41.6 Å². The van der Waals surface area contributed by atoms with Gasteiger partial charge in [-0.2, -0.15) is 14.7 Å². The molecular formula is C39H39FN10O6. The van der Waals surface area contributed by atoms with Crippen LogP contribution in [0, 0.1) is 11.7 Å². The maximum atomic E-state index is 15.5. The highest BCUT2D eigenvalue weighted by Crippen LogP contribution is 2.36. The number of ether oxygens (including phenoxy) is 1. The van der Waals surface area contributed by atoms with Crippen LogP contribution in [0.15, 0.2) is 55.0 Å². The van der Waals surface area contributed by atoms with Crippen molar-refractivity contribution in [3.63, 3.8) is 0 Å². The third kappa shape index (κ3) is 6.30. The lowest BCUT2D eigenvalue weighted by Crippen LogP contribution is -2.54. The highest BCUT2D eigenvalue weighted by atomic mass is 19.1. The number of halogens is 1. The Kier molecular flexibility index (Phi) is 8.95. The molecule has 16 nitrogen and oxygen atoms in total. The summed E-state index contributed by atoms with van der Waals surface area (Å²) < 4.78 is 24.6. The molecule has 5 aromatic rings. The number of carbonyl (C=O) groups excluding carboxylic acids is 5. The summed E-state index contributed by atoms with van der Waals surface area (Å²) in [7, 11) is 1.53. The molecule has 2 saturated heterocycles. The van der Waals surface area contributed by atoms with Gasteiger partial charge in [-0.3, -0.25) is 43.8 Å². The van der Waals surface area contributed by atoms with Crippen molar-refractivity contribution in [2.45, 2.75) is 50.6 Å². The van der Waals surface area contributed by atoms with Crippen LogP contribution in [0.1, 0.15) is 75.6 Å². The van der Waals surface area contributed by atoms with Crippen LogP contribution in [-0.4, -0.2) is 110 Å². The molecule has 1 atom stereocenters. The smallest absolute Gasteiger partial charge is 0.262 e. The number of imidazole rings is 1. The summed E-state index contributed by atoms with van der Waals surface area (Å²) in [5.74, 6) is -2.08. The molecule has 56 heavy (non-hydrogen) atoms. The summed E-state index contributed by atoms with van der Waals surface area (Å²) in [5, 5.41) is 15.1. The van der Waals surface area contributed by atoms with Gasteiger partial charge in [0.1, 0.15) is 17.6 Å². The number of piperazine rings is 1. The Morgan fingerprint density at radius 3 is 2.50 bits per heavy atom. The maximum Gasteiger partial charge on any atom is 0.262 e. The van der Waals surface area contributed by atoms with Gasteiger partial charge in [0.2, 0.25) is 11.8 Å². The molecular weight excluding hydrogens is 723 g/mol. The predicted octanol–water partition coefficient (Wildman–Crippen LogP) is 3.43. The second kappa shape index (κ2) is 14.1. The first kappa shape index (κ1) is 35.5. The summed E-state index contributed by atoms with van der Waals surface area (Å²) in [4.78, 5) is 73.3. The van der Waals surface area contributed by atoms with Gasteiger partial charge in [-0.05, 0) is 68.4 Å². The molecule has 3 fully saturated rings. The van der Waals surface area contributed by atoms with Gasteiger partial charge >= 0.3 is 0 Å². The zero-order chi connectivity index (χ0) is 38.7. The first-order valence-electron chi connectivity index (χ1n) is 18.8. The number of nitrogens with one attached hydrogen (secondary N) is 2. The summed E-state index contributed by atoms with van der Waals surface area (Å²) in [6, 6.07) is 8.83. The van der Waals surface area contributed by atoms with Crippen molar-refractivity contribution in [2.75, 3.05) is 50.1 Å². The van der Waals surface area contributed by atoms with Gasteiger partial charge in [0, 0.05) is 63.0 Å². The van der Waals surface area contributed by atoms with Gasteiger partial charge in [-0.15, -0.1) is 0 Å². The number of carbonyl (C=O) groups is 5. The average Bonchev–Trinajstić information content (AvgIpc) is 3.88. The fraction of sp³-hybridized carbons (Fsp3) is 0.385. The summed E-state index contributed by atoms with van der Waals surface area (Å²) in [6.07, 6.45) is 9.24. The largest absolute Gasteiger partial charge is 0.496 e. The normalized spacial score (nSPS) is 21.9. The number of nitrogens with zero attached hydrogens (tertiary/aromatic N) is 8. The third-order valence-electron chi connectivity index (χ3n) is 11.5. The van der Waals surface area contributed by atoms with Crippen molar-refractivity contribution in [2.24, 2.45) is 5.92 Å². The zero-order valence-corrected chi connectivity index (χ0v) is 30.6. The van der Waals surface area contributed by atoms with Crippen molar-refractivity contribution in [3.05, 3.63) is 77.5 Å². The third-order valence-corrected chi connectivity index (χ3v) is 11.5. The molecule has 2 aromatic carbocycles. The number of imide groups is 2. The Bertz CT molecular complexity index is 2430. The number of amides is 5. The molecule has 288 valence electrons. The average molecular weight is 763 g/mol. The first-order chi connectivity index (χ1) is 27.1. The number of methoxy groups -OCH3 is 1. The van der Waals surface area contributed by atoms with Crippen molar-refractivity contribution in [1.82, 2.24) is 39.5 Å². The van der Waals surface area contributed by atoms with Gasteiger partial charge in [0.05, 0.1) is 47.2 Å². The molecule has 3 aliphatic heterocycles. The molecule has 17 heteroatoms. The minimum absolute atomic E-state index is 0.0157. The van der Waals surface area contributed by atoms with Crippen LogP contribution in [0.25, 0.3) is 16.6 Å². The Morgan fingerprint density at radius 1 is 0.982 bits per heavy atom. The van der Waals surface area contributed by atoms with Gasteiger partial charge < -0.3 is 15.0 Å². The summed E-state index contributed by atoms with van der Waals surface area (Å²) in [5.41, 5.74) is 2.02. The predicted molar refractivity (Wildman–Crippen MR) is 200 cm³/mol. The molecule has 0 radical (unpaired) electrons. The minimum Gasteiger partial charge on any atom is -0.496 e. The second-order valence-corrected chi connectivity index (χ2v) is 14.9. The minimum atomic E-state index is -1.10. The molecule has 1 saturated carbocycles. The molecule has 5 amide bonds. The van der Waals surface area contributed by atoms with Crippen LogP contribution in [0.3, 0.4) is 0 Å². The molecule has 0 spiro atoms. The quantitative estimate of drug-likeness (QED) is 0.222. The van der Waals surface area contributed by atoms with E-state index in [1.165, 1.54) is 13.2 Å². The van der Waals surface area contributed by atoms with Crippen molar-refractivity contribution in [1.29, 1.82) is 0 Å². The molecule has 2 N–H and O–H groups in total. The number of aromatic nitrogens is 5. The highest BCUT2D eigenvalue weighted by Gasteiger charge is 2.45. The summed E-state index contributed by atoms with van der Waals surface area (Å²) >= 11 is 0. The molecule has 1 aliphatic carbocycles. The van der Waals surface area contributed by atoms with Crippen LogP contribution < -0.4 is 20.3 Å². The molecule has 0 bridgehead atoms. The van der Waals surface area contributed by atoms with E-state index >= 15 is 4.39 Å². The number of anilines is 2. The fourth-order valence-electron chi connectivity index (χ4n) is 8.55. The Morgan fingerprint density at radius 2 is 1.75 bits per heavy atom. The number of hydrogen-bond acceptors (Lipinski definition) is 11. The van der Waals surface area contributed by atoms with Gasteiger partial charge in [-0.25, -0.2) is 9.37 Å². The van der Waals surface area contributed by atoms with E-state index in [1.54, 1.807) is 41.2 Å². The van der Waals surface area contributed by atoms with Crippen LogP contribution in [0.2, 0.25) is 0 Å². The first-order valence-corrected chi connectivity index (χ1v) is 18.8. The molecule has 6 heterocycles. The number of fused-ring (bicyclic) bond motifs is 3. The van der Waals surface area contributed by atoms with E-state index in [4.69, 9.17) is 9.84 Å². The van der Waals surface area contributed by atoms with Crippen molar-refractivity contribution >= 4 is 57.6 Å². The Balaban J connectivity index is 0.797. The lowest BCUT2D eigenvalue weighted by molar-refractivity contribution is -0.136. The highest BCUT2D eigenvalue weighted by molar-refractivity contribution is 6.23. The van der Waals surface area contributed by atoms with E-state index in [0.717, 1.165) is 67.2 Å². The maximum absolute atomic E-state index is 15.5. The van der Waals surface area contributed by atoms with E-state index in [9.17, 15) is 24.0 Å². The SMILES string of the molecule is COc1cc2nn(C3CCC(CN4CCN(c5cc6c(cc5F)C(=O)N(C5CCC(=O)NC5=O)C6=O)CC4)CC3)cc2cc1C(=O)Nc1cnc2cccnn12. The van der Waals surface area contributed by atoms with Crippen LogP contribution in [0.5, 0.6) is 5.75 Å².